The summed E-state index contributed by atoms with van der Waals surface area (Å²) in [6.07, 6.45) is -4.34. The number of hydrogen-bond donors (Lipinski definition) is 5. The van der Waals surface area contributed by atoms with Crippen LogP contribution >= 0.6 is 12.2 Å². The third-order valence-electron chi connectivity index (χ3n) is 2.34. The van der Waals surface area contributed by atoms with E-state index in [0.29, 0.717) is 5.11 Å². The molecular weight excluding hydrogens is 234 g/mol. The van der Waals surface area contributed by atoms with Crippen LogP contribution in [0, 0.1) is 0 Å². The van der Waals surface area contributed by atoms with Gasteiger partial charge in [-0.25, -0.2) is 5.43 Å². The van der Waals surface area contributed by atoms with Gasteiger partial charge in [0, 0.05) is 14.1 Å². The molecule has 1 heterocycles. The van der Waals surface area contributed by atoms with Crippen molar-refractivity contribution in [3.05, 3.63) is 0 Å². The molecular formula is C8H17N3O4S. The molecule has 1 aliphatic heterocycles. The third-order valence-corrected chi connectivity index (χ3v) is 2.82. The van der Waals surface area contributed by atoms with E-state index in [0.717, 1.165) is 0 Å². The first kappa shape index (κ1) is 13.6. The average molecular weight is 251 g/mol. The highest BCUT2D eigenvalue weighted by molar-refractivity contribution is 7.80. The topological polar surface area (TPSA) is 97.2 Å². The first-order valence-electron chi connectivity index (χ1n) is 4.84. The van der Waals surface area contributed by atoms with Crippen LogP contribution in [0.15, 0.2) is 0 Å². The van der Waals surface area contributed by atoms with Gasteiger partial charge in [0.1, 0.15) is 18.3 Å². The van der Waals surface area contributed by atoms with Crippen LogP contribution in [0.4, 0.5) is 0 Å². The van der Waals surface area contributed by atoms with Gasteiger partial charge < -0.3 is 25.4 Å². The number of aliphatic hydroxyl groups is 3. The maximum absolute atomic E-state index is 9.62. The summed E-state index contributed by atoms with van der Waals surface area (Å²) in [6, 6.07) is 0. The molecule has 0 unspecified atom stereocenters. The van der Waals surface area contributed by atoms with E-state index in [9.17, 15) is 15.3 Å². The van der Waals surface area contributed by atoms with Crippen molar-refractivity contribution in [1.29, 1.82) is 0 Å². The summed E-state index contributed by atoms with van der Waals surface area (Å²) in [4.78, 5) is 0. The Morgan fingerprint density at radius 3 is 2.56 bits per heavy atom. The summed E-state index contributed by atoms with van der Waals surface area (Å²) < 4.78 is 5.14. The van der Waals surface area contributed by atoms with Crippen molar-refractivity contribution < 1.29 is 20.1 Å². The molecule has 1 rings (SSSR count). The molecule has 0 bridgehead atoms. The second-order valence-corrected chi connectivity index (χ2v) is 3.93. The quantitative estimate of drug-likeness (QED) is 0.269. The van der Waals surface area contributed by atoms with Crippen molar-refractivity contribution >= 4 is 17.3 Å². The Hall–Kier alpha value is -0.510. The Labute approximate surface area is 99.0 Å². The van der Waals surface area contributed by atoms with Crippen LogP contribution in [-0.4, -0.2) is 70.7 Å². The highest BCUT2D eigenvalue weighted by Gasteiger charge is 2.38. The molecule has 0 amide bonds. The van der Waals surface area contributed by atoms with Crippen molar-refractivity contribution in [2.24, 2.45) is 0 Å². The lowest BCUT2D eigenvalue weighted by molar-refractivity contribution is -0.203. The Morgan fingerprint density at radius 1 is 1.38 bits per heavy atom. The number of nitrogens with zero attached hydrogens (tertiary/aromatic N) is 1. The van der Waals surface area contributed by atoms with Gasteiger partial charge in [-0.2, -0.15) is 0 Å². The molecule has 94 valence electrons. The zero-order valence-electron chi connectivity index (χ0n) is 9.12. The molecule has 0 radical (unpaired) electrons. The smallest absolute Gasteiger partial charge is 0.183 e. The van der Waals surface area contributed by atoms with Crippen LogP contribution in [0.2, 0.25) is 0 Å². The number of hydrazine groups is 1. The second-order valence-electron chi connectivity index (χ2n) is 3.55. The van der Waals surface area contributed by atoms with E-state index in [4.69, 9.17) is 17.0 Å². The molecule has 0 aromatic carbocycles. The third kappa shape index (κ3) is 3.00. The van der Waals surface area contributed by atoms with Crippen LogP contribution < -0.4 is 10.7 Å². The first-order chi connectivity index (χ1) is 7.47. The van der Waals surface area contributed by atoms with Crippen molar-refractivity contribution in [1.82, 2.24) is 15.8 Å². The number of rotatable bonds is 2. The van der Waals surface area contributed by atoms with Gasteiger partial charge >= 0.3 is 0 Å². The van der Waals surface area contributed by atoms with Gasteiger partial charge in [-0.05, 0) is 12.2 Å². The molecule has 0 aliphatic carbocycles. The predicted octanol–water partition coefficient (Wildman–Crippen LogP) is -2.63. The summed E-state index contributed by atoms with van der Waals surface area (Å²) in [7, 11) is 3.31. The van der Waals surface area contributed by atoms with Crippen LogP contribution in [0.1, 0.15) is 0 Å². The fraction of sp³-hybridized carbons (Fsp3) is 0.875. The molecule has 1 aliphatic rings. The van der Waals surface area contributed by atoms with Crippen LogP contribution in [0.3, 0.4) is 0 Å². The number of aliphatic hydroxyl groups excluding tert-OH is 3. The molecule has 4 atom stereocenters. The molecule has 0 aromatic rings. The van der Waals surface area contributed by atoms with Gasteiger partial charge in [-0.1, -0.05) is 0 Å². The zero-order chi connectivity index (χ0) is 12.3. The van der Waals surface area contributed by atoms with Gasteiger partial charge in [0.25, 0.3) is 0 Å². The van der Waals surface area contributed by atoms with Crippen LogP contribution in [-0.2, 0) is 4.74 Å². The molecule has 0 saturated carbocycles. The van der Waals surface area contributed by atoms with Gasteiger partial charge in [0.15, 0.2) is 11.3 Å². The number of thiocarbonyl (C=S) groups is 1. The maximum atomic E-state index is 9.62. The van der Waals surface area contributed by atoms with Gasteiger partial charge in [0.2, 0.25) is 0 Å². The second kappa shape index (κ2) is 5.71. The normalized spacial score (nSPS) is 34.6. The van der Waals surface area contributed by atoms with Crippen molar-refractivity contribution in [3.8, 4) is 0 Å². The Balaban J connectivity index is 2.51. The van der Waals surface area contributed by atoms with E-state index < -0.39 is 24.5 Å². The van der Waals surface area contributed by atoms with Crippen molar-refractivity contribution in [2.45, 2.75) is 24.5 Å². The lowest BCUT2D eigenvalue weighted by Crippen LogP contribution is -2.62. The lowest BCUT2D eigenvalue weighted by atomic mass is 10.0. The molecule has 0 aromatic heterocycles. The molecule has 1 fully saturated rings. The molecule has 5 N–H and O–H groups in total. The Kier molecular flexibility index (Phi) is 4.84. The van der Waals surface area contributed by atoms with Crippen LogP contribution in [0.5, 0.6) is 0 Å². The predicted molar refractivity (Wildman–Crippen MR) is 60.3 cm³/mol. The molecule has 7 nitrogen and oxygen atoms in total. The summed E-state index contributed by atoms with van der Waals surface area (Å²) in [5, 5.41) is 32.9. The fourth-order valence-electron chi connectivity index (χ4n) is 1.34. The molecule has 0 spiro atoms. The summed E-state index contributed by atoms with van der Waals surface area (Å²) >= 11 is 4.94. The number of ether oxygens (including phenoxy) is 1. The molecule has 8 heteroatoms. The minimum absolute atomic E-state index is 0.0456. The largest absolute Gasteiger partial charge is 0.388 e. The highest BCUT2D eigenvalue weighted by Crippen LogP contribution is 2.13. The molecule has 16 heavy (non-hydrogen) atoms. The van der Waals surface area contributed by atoms with Crippen LogP contribution in [0.25, 0.3) is 0 Å². The van der Waals surface area contributed by atoms with E-state index >= 15 is 0 Å². The monoisotopic (exact) mass is 251 g/mol. The maximum Gasteiger partial charge on any atom is 0.183 e. The summed E-state index contributed by atoms with van der Waals surface area (Å²) in [5.74, 6) is 0. The zero-order valence-corrected chi connectivity index (χ0v) is 9.94. The SMILES string of the molecule is CNC(=S)N(C)N[C@@H]1OC[C@H](O)[C@H](O)[C@H]1O. The Morgan fingerprint density at radius 2 is 2.00 bits per heavy atom. The van der Waals surface area contributed by atoms with Gasteiger partial charge in [0.05, 0.1) is 6.61 Å². The van der Waals surface area contributed by atoms with Crippen molar-refractivity contribution in [3.63, 3.8) is 0 Å². The van der Waals surface area contributed by atoms with E-state index in [1.54, 1.807) is 14.1 Å². The fourth-order valence-corrected chi connectivity index (χ4v) is 1.39. The molecule has 1 saturated heterocycles. The van der Waals surface area contributed by atoms with E-state index in [1.165, 1.54) is 5.01 Å². The summed E-state index contributed by atoms with van der Waals surface area (Å²) in [6.45, 7) is -0.0456. The minimum atomic E-state index is -1.23. The van der Waals surface area contributed by atoms with Gasteiger partial charge in [-0.3, -0.25) is 5.01 Å². The number of nitrogens with one attached hydrogen (secondary N) is 2. The van der Waals surface area contributed by atoms with E-state index in [1.807, 2.05) is 0 Å². The number of hydrogen-bond acceptors (Lipinski definition) is 6. The van der Waals surface area contributed by atoms with E-state index in [2.05, 4.69) is 10.7 Å². The van der Waals surface area contributed by atoms with Crippen molar-refractivity contribution in [2.75, 3.05) is 20.7 Å². The Bertz CT molecular complexity index is 255. The first-order valence-corrected chi connectivity index (χ1v) is 5.25. The highest BCUT2D eigenvalue weighted by atomic mass is 32.1. The van der Waals surface area contributed by atoms with E-state index in [-0.39, 0.29) is 6.61 Å². The standard InChI is InChI=1S/C8H17N3O4S/c1-9-8(16)11(2)10-7-6(14)5(13)4(12)3-15-7/h4-7,10,12-14H,3H2,1-2H3,(H,9,16)/t4-,5-,6+,7+/m0/s1. The lowest BCUT2D eigenvalue weighted by Gasteiger charge is -2.37. The van der Waals surface area contributed by atoms with Gasteiger partial charge in [-0.15, -0.1) is 0 Å². The average Bonchev–Trinajstić information content (AvgIpc) is 2.28. The minimum Gasteiger partial charge on any atom is -0.388 e. The summed E-state index contributed by atoms with van der Waals surface area (Å²) in [5.41, 5.74) is 2.76.